The SMILES string of the molecule is CC(C)(C)C1CCN(c2nc3ccc(N)cc3o2)CC1. The van der Waals surface area contributed by atoms with Crippen molar-refractivity contribution >= 4 is 22.8 Å². The van der Waals surface area contributed by atoms with Crippen LogP contribution in [0.25, 0.3) is 11.1 Å². The minimum atomic E-state index is 0.391. The van der Waals surface area contributed by atoms with Gasteiger partial charge in [0.05, 0.1) is 0 Å². The minimum Gasteiger partial charge on any atom is -0.423 e. The van der Waals surface area contributed by atoms with Gasteiger partial charge in [0.2, 0.25) is 0 Å². The van der Waals surface area contributed by atoms with Crippen molar-refractivity contribution in [3.05, 3.63) is 18.2 Å². The predicted molar refractivity (Wildman–Crippen MR) is 82.8 cm³/mol. The van der Waals surface area contributed by atoms with Gasteiger partial charge >= 0.3 is 0 Å². The highest BCUT2D eigenvalue weighted by Crippen LogP contribution is 2.36. The molecule has 2 heterocycles. The van der Waals surface area contributed by atoms with Gasteiger partial charge in [-0.2, -0.15) is 4.98 Å². The van der Waals surface area contributed by atoms with Gasteiger partial charge < -0.3 is 15.1 Å². The predicted octanol–water partition coefficient (Wildman–Crippen LogP) is 3.67. The van der Waals surface area contributed by atoms with Crippen molar-refractivity contribution in [1.29, 1.82) is 0 Å². The Morgan fingerprint density at radius 2 is 1.95 bits per heavy atom. The summed E-state index contributed by atoms with van der Waals surface area (Å²) in [6.45, 7) is 9.02. The Labute approximate surface area is 120 Å². The van der Waals surface area contributed by atoms with E-state index in [-0.39, 0.29) is 0 Å². The van der Waals surface area contributed by atoms with Crippen molar-refractivity contribution in [2.24, 2.45) is 11.3 Å². The summed E-state index contributed by atoms with van der Waals surface area (Å²) in [7, 11) is 0. The van der Waals surface area contributed by atoms with Gasteiger partial charge in [-0.05, 0) is 36.3 Å². The van der Waals surface area contributed by atoms with E-state index in [0.717, 1.165) is 36.1 Å². The zero-order valence-corrected chi connectivity index (χ0v) is 12.5. The van der Waals surface area contributed by atoms with Crippen LogP contribution in [0.3, 0.4) is 0 Å². The van der Waals surface area contributed by atoms with Gasteiger partial charge in [-0.25, -0.2) is 0 Å². The Morgan fingerprint density at radius 3 is 2.60 bits per heavy atom. The van der Waals surface area contributed by atoms with Crippen LogP contribution in [0.2, 0.25) is 0 Å². The van der Waals surface area contributed by atoms with E-state index in [1.165, 1.54) is 12.8 Å². The number of anilines is 2. The first-order valence-electron chi connectivity index (χ1n) is 7.34. The van der Waals surface area contributed by atoms with Gasteiger partial charge in [-0.1, -0.05) is 20.8 Å². The molecule has 0 spiro atoms. The van der Waals surface area contributed by atoms with Crippen LogP contribution in [0.15, 0.2) is 22.6 Å². The van der Waals surface area contributed by atoms with Crippen molar-refractivity contribution in [2.75, 3.05) is 23.7 Å². The molecule has 3 rings (SSSR count). The fourth-order valence-electron chi connectivity index (χ4n) is 3.00. The third-order valence-electron chi connectivity index (χ3n) is 4.39. The molecular weight excluding hydrogens is 250 g/mol. The third-order valence-corrected chi connectivity index (χ3v) is 4.39. The summed E-state index contributed by atoms with van der Waals surface area (Å²) < 4.78 is 5.84. The number of nitrogens with two attached hydrogens (primary N) is 1. The van der Waals surface area contributed by atoms with E-state index in [9.17, 15) is 0 Å². The number of rotatable bonds is 1. The van der Waals surface area contributed by atoms with Crippen molar-refractivity contribution < 1.29 is 4.42 Å². The zero-order chi connectivity index (χ0) is 14.3. The van der Waals surface area contributed by atoms with Crippen LogP contribution in [0, 0.1) is 11.3 Å². The number of hydrogen-bond donors (Lipinski definition) is 1. The Hall–Kier alpha value is -1.71. The lowest BCUT2D eigenvalue weighted by Gasteiger charge is -2.38. The summed E-state index contributed by atoms with van der Waals surface area (Å²) in [5.41, 5.74) is 8.54. The van der Waals surface area contributed by atoms with Gasteiger partial charge in [-0.3, -0.25) is 0 Å². The Kier molecular flexibility index (Phi) is 3.11. The highest BCUT2D eigenvalue weighted by molar-refractivity contribution is 5.78. The van der Waals surface area contributed by atoms with Crippen LogP contribution >= 0.6 is 0 Å². The first kappa shape index (κ1) is 13.3. The van der Waals surface area contributed by atoms with Crippen molar-refractivity contribution in [1.82, 2.24) is 4.98 Å². The Morgan fingerprint density at radius 1 is 1.25 bits per heavy atom. The molecule has 0 bridgehead atoms. The van der Waals surface area contributed by atoms with Crippen LogP contribution in [0.5, 0.6) is 0 Å². The standard InChI is InChI=1S/C16H23N3O/c1-16(2,3)11-6-8-19(9-7-11)15-18-13-5-4-12(17)10-14(13)20-15/h4-5,10-11H,6-9,17H2,1-3H3. The van der Waals surface area contributed by atoms with E-state index in [1.807, 2.05) is 18.2 Å². The lowest BCUT2D eigenvalue weighted by molar-refractivity contribution is 0.197. The van der Waals surface area contributed by atoms with Gasteiger partial charge in [-0.15, -0.1) is 0 Å². The van der Waals surface area contributed by atoms with Crippen LogP contribution in [0.1, 0.15) is 33.6 Å². The molecule has 0 unspecified atom stereocenters. The number of nitrogens with zero attached hydrogens (tertiary/aromatic N) is 2. The minimum absolute atomic E-state index is 0.391. The molecule has 1 saturated heterocycles. The molecule has 0 atom stereocenters. The number of piperidine rings is 1. The molecule has 1 aromatic carbocycles. The fourth-order valence-corrected chi connectivity index (χ4v) is 3.00. The molecule has 0 saturated carbocycles. The lowest BCUT2D eigenvalue weighted by atomic mass is 9.75. The first-order chi connectivity index (χ1) is 9.43. The molecule has 1 aromatic heterocycles. The summed E-state index contributed by atoms with van der Waals surface area (Å²) in [6, 6.07) is 6.35. The number of nitrogen functional groups attached to an aromatic ring is 1. The zero-order valence-electron chi connectivity index (χ0n) is 12.5. The van der Waals surface area contributed by atoms with E-state index >= 15 is 0 Å². The van der Waals surface area contributed by atoms with Crippen molar-refractivity contribution in [2.45, 2.75) is 33.6 Å². The number of fused-ring (bicyclic) bond motifs is 1. The summed E-state index contributed by atoms with van der Waals surface area (Å²) in [6.07, 6.45) is 2.40. The summed E-state index contributed by atoms with van der Waals surface area (Å²) in [5, 5.41) is 0. The van der Waals surface area contributed by atoms with Crippen molar-refractivity contribution in [3.8, 4) is 0 Å². The second kappa shape index (κ2) is 4.69. The van der Waals surface area contributed by atoms with Gasteiger partial charge in [0.1, 0.15) is 5.52 Å². The first-order valence-corrected chi connectivity index (χ1v) is 7.34. The second-order valence-electron chi connectivity index (χ2n) is 6.85. The molecule has 2 aromatic rings. The van der Waals surface area contributed by atoms with E-state index in [2.05, 4.69) is 30.7 Å². The topological polar surface area (TPSA) is 55.3 Å². The Bertz CT molecular complexity index is 604. The number of aromatic nitrogens is 1. The average Bonchev–Trinajstić information content (AvgIpc) is 2.80. The molecule has 4 nitrogen and oxygen atoms in total. The smallest absolute Gasteiger partial charge is 0.298 e. The van der Waals surface area contributed by atoms with E-state index < -0.39 is 0 Å². The normalized spacial score (nSPS) is 17.9. The highest BCUT2D eigenvalue weighted by atomic mass is 16.4. The fraction of sp³-hybridized carbons (Fsp3) is 0.562. The molecule has 0 aliphatic carbocycles. The molecule has 2 N–H and O–H groups in total. The summed E-state index contributed by atoms with van der Waals surface area (Å²) in [5.74, 6) is 0.777. The maximum Gasteiger partial charge on any atom is 0.298 e. The molecule has 108 valence electrons. The monoisotopic (exact) mass is 273 g/mol. The van der Waals surface area contributed by atoms with Crippen LogP contribution < -0.4 is 10.6 Å². The molecule has 1 aliphatic heterocycles. The summed E-state index contributed by atoms with van der Waals surface area (Å²) in [4.78, 5) is 6.82. The average molecular weight is 273 g/mol. The second-order valence-corrected chi connectivity index (χ2v) is 6.85. The largest absolute Gasteiger partial charge is 0.423 e. The number of oxazole rings is 1. The molecule has 20 heavy (non-hydrogen) atoms. The van der Waals surface area contributed by atoms with Gasteiger partial charge in [0.25, 0.3) is 6.01 Å². The molecule has 0 radical (unpaired) electrons. The highest BCUT2D eigenvalue weighted by Gasteiger charge is 2.30. The van der Waals surface area contributed by atoms with Crippen LogP contribution in [0.4, 0.5) is 11.7 Å². The van der Waals surface area contributed by atoms with E-state index in [1.54, 1.807) is 0 Å². The quantitative estimate of drug-likeness (QED) is 0.805. The van der Waals surface area contributed by atoms with E-state index in [0.29, 0.717) is 11.1 Å². The molecule has 4 heteroatoms. The number of benzene rings is 1. The maximum atomic E-state index is 5.84. The maximum absolute atomic E-state index is 5.84. The lowest BCUT2D eigenvalue weighted by Crippen LogP contribution is -2.38. The van der Waals surface area contributed by atoms with Gasteiger partial charge in [0, 0.05) is 24.8 Å². The Balaban J connectivity index is 1.76. The van der Waals surface area contributed by atoms with E-state index in [4.69, 9.17) is 10.2 Å². The number of hydrogen-bond acceptors (Lipinski definition) is 4. The molecule has 1 aliphatic rings. The molecule has 1 fully saturated rings. The molecule has 0 amide bonds. The third kappa shape index (κ3) is 2.47. The summed E-state index contributed by atoms with van der Waals surface area (Å²) >= 11 is 0. The van der Waals surface area contributed by atoms with Crippen LogP contribution in [-0.2, 0) is 0 Å². The van der Waals surface area contributed by atoms with Crippen molar-refractivity contribution in [3.63, 3.8) is 0 Å². The van der Waals surface area contributed by atoms with Crippen LogP contribution in [-0.4, -0.2) is 18.1 Å². The van der Waals surface area contributed by atoms with Gasteiger partial charge in [0.15, 0.2) is 5.58 Å². The molecular formula is C16H23N3O.